The maximum Gasteiger partial charge on any atom is 0.305 e. The molecule has 0 rings (SSSR count). The first kappa shape index (κ1) is 59.1. The van der Waals surface area contributed by atoms with Crippen LogP contribution in [0, 0.1) is 0 Å². The summed E-state index contributed by atoms with van der Waals surface area (Å²) in [6.45, 7) is 4.88. The van der Waals surface area contributed by atoms with E-state index in [0.717, 1.165) is 77.0 Å². The van der Waals surface area contributed by atoms with E-state index in [2.05, 4.69) is 55.6 Å². The molecule has 61 heavy (non-hydrogen) atoms. The van der Waals surface area contributed by atoms with Crippen LogP contribution in [0.2, 0.25) is 0 Å². The van der Waals surface area contributed by atoms with Crippen molar-refractivity contribution in [3.8, 4) is 0 Å². The predicted octanol–water partition coefficient (Wildman–Crippen LogP) is 16.1. The van der Waals surface area contributed by atoms with Crippen molar-refractivity contribution in [2.75, 3.05) is 13.2 Å². The number of carbonyl (C=O) groups excluding carboxylic acids is 2. The van der Waals surface area contributed by atoms with Crippen molar-refractivity contribution in [2.45, 2.75) is 289 Å². The van der Waals surface area contributed by atoms with Crippen molar-refractivity contribution in [3.05, 3.63) is 36.5 Å². The Labute approximate surface area is 379 Å². The zero-order valence-electron chi connectivity index (χ0n) is 40.6. The molecule has 0 spiro atoms. The van der Waals surface area contributed by atoms with Gasteiger partial charge in [-0.05, 0) is 83.5 Å². The largest absolute Gasteiger partial charge is 0.466 e. The minimum Gasteiger partial charge on any atom is -0.466 e. The highest BCUT2D eigenvalue weighted by atomic mass is 16.5. The first-order chi connectivity index (χ1) is 30.0. The number of hydrogen-bond acceptors (Lipinski definition) is 5. The fraction of sp³-hybridized carbons (Fsp3) is 0.855. The van der Waals surface area contributed by atoms with Gasteiger partial charge in [-0.15, -0.1) is 0 Å². The van der Waals surface area contributed by atoms with E-state index in [0.29, 0.717) is 25.9 Å². The summed E-state index contributed by atoms with van der Waals surface area (Å²) < 4.78 is 5.46. The number of allylic oxidation sites excluding steroid dienone is 6. The fourth-order valence-corrected chi connectivity index (χ4v) is 8.02. The first-order valence-corrected chi connectivity index (χ1v) is 26.7. The predicted molar refractivity (Wildman–Crippen MR) is 264 cm³/mol. The topological polar surface area (TPSA) is 95.9 Å². The van der Waals surface area contributed by atoms with Gasteiger partial charge in [0.25, 0.3) is 0 Å². The van der Waals surface area contributed by atoms with E-state index in [1.165, 1.54) is 167 Å². The van der Waals surface area contributed by atoms with Crippen LogP contribution in [0.25, 0.3) is 0 Å². The number of ether oxygens (including phenoxy) is 1. The number of aliphatic hydroxyl groups is 2. The van der Waals surface area contributed by atoms with Crippen LogP contribution in [0.4, 0.5) is 0 Å². The van der Waals surface area contributed by atoms with Crippen molar-refractivity contribution < 1.29 is 24.5 Å². The van der Waals surface area contributed by atoms with Crippen LogP contribution >= 0.6 is 0 Å². The van der Waals surface area contributed by atoms with Crippen LogP contribution in [0.1, 0.15) is 277 Å². The Bertz CT molecular complexity index is 993. The highest BCUT2D eigenvalue weighted by Crippen LogP contribution is 2.16. The van der Waals surface area contributed by atoms with E-state index >= 15 is 0 Å². The molecule has 0 aromatic carbocycles. The molecule has 3 N–H and O–H groups in total. The van der Waals surface area contributed by atoms with Crippen LogP contribution < -0.4 is 5.32 Å². The molecule has 358 valence electrons. The molecular formula is C55H103NO5. The van der Waals surface area contributed by atoms with E-state index in [1.807, 2.05) is 0 Å². The molecule has 0 aliphatic rings. The van der Waals surface area contributed by atoms with Crippen molar-refractivity contribution >= 4 is 11.9 Å². The second-order valence-electron chi connectivity index (χ2n) is 18.2. The monoisotopic (exact) mass is 858 g/mol. The molecule has 0 aliphatic carbocycles. The van der Waals surface area contributed by atoms with Crippen molar-refractivity contribution in [2.24, 2.45) is 0 Å². The summed E-state index contributed by atoms with van der Waals surface area (Å²) in [6, 6.07) is -0.562. The van der Waals surface area contributed by atoms with Crippen LogP contribution in [-0.2, 0) is 14.3 Å². The third-order valence-electron chi connectivity index (χ3n) is 12.2. The Morgan fingerprint density at radius 1 is 0.459 bits per heavy atom. The maximum absolute atomic E-state index is 12.4. The third kappa shape index (κ3) is 47.4. The average Bonchev–Trinajstić information content (AvgIpc) is 3.26. The van der Waals surface area contributed by atoms with Gasteiger partial charge in [-0.25, -0.2) is 0 Å². The number of esters is 1. The van der Waals surface area contributed by atoms with E-state index < -0.39 is 12.1 Å². The lowest BCUT2D eigenvalue weighted by molar-refractivity contribution is -0.143. The zero-order valence-corrected chi connectivity index (χ0v) is 40.6. The Morgan fingerprint density at radius 3 is 1.31 bits per heavy atom. The number of nitrogens with one attached hydrogen (secondary N) is 1. The third-order valence-corrected chi connectivity index (χ3v) is 12.2. The molecule has 0 heterocycles. The number of amides is 1. The molecule has 0 saturated carbocycles. The van der Waals surface area contributed by atoms with Gasteiger partial charge >= 0.3 is 5.97 Å². The summed E-state index contributed by atoms with van der Waals surface area (Å²) >= 11 is 0. The van der Waals surface area contributed by atoms with Crippen molar-refractivity contribution in [3.63, 3.8) is 0 Å². The lowest BCUT2D eigenvalue weighted by atomic mass is 10.0. The first-order valence-electron chi connectivity index (χ1n) is 26.7. The van der Waals surface area contributed by atoms with Gasteiger partial charge in [0.05, 0.1) is 25.4 Å². The van der Waals surface area contributed by atoms with Gasteiger partial charge in [-0.3, -0.25) is 9.59 Å². The molecule has 0 fully saturated rings. The Morgan fingerprint density at radius 2 is 0.820 bits per heavy atom. The number of hydrogen-bond donors (Lipinski definition) is 3. The van der Waals surface area contributed by atoms with E-state index in [9.17, 15) is 19.8 Å². The Balaban J connectivity index is 3.50. The molecule has 1 amide bonds. The summed E-state index contributed by atoms with van der Waals surface area (Å²) in [5.41, 5.74) is 0. The molecule has 0 aliphatic heterocycles. The van der Waals surface area contributed by atoms with Crippen LogP contribution in [0.3, 0.4) is 0 Å². The van der Waals surface area contributed by atoms with Gasteiger partial charge in [0.2, 0.25) is 5.91 Å². The van der Waals surface area contributed by atoms with Crippen molar-refractivity contribution in [1.82, 2.24) is 5.32 Å². The number of rotatable bonds is 49. The highest BCUT2D eigenvalue weighted by molar-refractivity contribution is 5.76. The summed E-state index contributed by atoms with van der Waals surface area (Å²) in [7, 11) is 0. The van der Waals surface area contributed by atoms with E-state index in [-0.39, 0.29) is 18.5 Å². The van der Waals surface area contributed by atoms with Gasteiger partial charge in [0.1, 0.15) is 0 Å². The van der Waals surface area contributed by atoms with Gasteiger partial charge in [0, 0.05) is 12.8 Å². The molecular weight excluding hydrogens is 755 g/mol. The van der Waals surface area contributed by atoms with Gasteiger partial charge < -0.3 is 20.3 Å². The lowest BCUT2D eigenvalue weighted by Gasteiger charge is -2.22. The quantitative estimate of drug-likeness (QED) is 0.0322. The molecule has 0 aromatic rings. The molecule has 0 bridgehead atoms. The van der Waals surface area contributed by atoms with Crippen LogP contribution in [0.15, 0.2) is 36.5 Å². The minimum atomic E-state index is -0.681. The Kier molecular flexibility index (Phi) is 49.1. The summed E-state index contributed by atoms with van der Waals surface area (Å²) in [5, 5.41) is 23.2. The molecule has 0 aromatic heterocycles. The fourth-order valence-electron chi connectivity index (χ4n) is 8.02. The normalized spacial score (nSPS) is 12.9. The molecule has 2 unspecified atom stereocenters. The van der Waals surface area contributed by atoms with E-state index in [4.69, 9.17) is 4.74 Å². The summed E-state index contributed by atoms with van der Waals surface area (Å²) in [4.78, 5) is 24.5. The minimum absolute atomic E-state index is 0.0207. The van der Waals surface area contributed by atoms with Gasteiger partial charge in [-0.1, -0.05) is 217 Å². The number of aliphatic hydroxyl groups excluding tert-OH is 2. The van der Waals surface area contributed by atoms with Gasteiger partial charge in [0.15, 0.2) is 0 Å². The second-order valence-corrected chi connectivity index (χ2v) is 18.2. The van der Waals surface area contributed by atoms with Crippen LogP contribution in [-0.4, -0.2) is 47.4 Å². The molecule has 2 atom stereocenters. The van der Waals surface area contributed by atoms with Crippen molar-refractivity contribution in [1.29, 1.82) is 0 Å². The van der Waals surface area contributed by atoms with E-state index in [1.54, 1.807) is 0 Å². The standard InChI is InChI=1S/C55H103NO5/c1-3-5-7-9-11-13-15-17-19-20-21-25-29-33-37-41-45-49-55(60)61-50-46-42-38-34-30-26-22-24-28-32-36-40-44-48-54(59)56-52(51-57)53(58)47-43-39-35-31-27-23-18-16-14-12-10-8-6-4-2/h11,13,17,19,24,28,52-53,57-58H,3-10,12,14-16,18,20-23,25-27,29-51H2,1-2H3,(H,56,59)/b13-11-,19-17-,28-24-. The zero-order chi connectivity index (χ0) is 44.4. The Hall–Kier alpha value is -1.92. The van der Waals surface area contributed by atoms with Crippen LogP contribution in [0.5, 0.6) is 0 Å². The summed E-state index contributed by atoms with van der Waals surface area (Å²) in [5.74, 6) is -0.0863. The molecule has 6 heteroatoms. The summed E-state index contributed by atoms with van der Waals surface area (Å²) in [6.07, 6.45) is 61.1. The van der Waals surface area contributed by atoms with Gasteiger partial charge in [-0.2, -0.15) is 0 Å². The SMILES string of the molecule is CCCCC/C=C\C/C=C\CCCCCCCCCC(=O)OCCCCCCCC/C=C\CCCCCC(=O)NC(CO)C(O)CCCCCCCCCCCCCCCC. The highest BCUT2D eigenvalue weighted by Gasteiger charge is 2.20. The lowest BCUT2D eigenvalue weighted by Crippen LogP contribution is -2.45. The smallest absolute Gasteiger partial charge is 0.305 e. The molecule has 0 saturated heterocycles. The number of carbonyl (C=O) groups is 2. The number of unbranched alkanes of at least 4 members (excludes halogenated alkanes) is 32. The average molecular weight is 858 g/mol. The molecule has 6 nitrogen and oxygen atoms in total. The second kappa shape index (κ2) is 50.7. The maximum atomic E-state index is 12.4. The molecule has 0 radical (unpaired) electrons.